The molecular formula is C32H49NO11. The fraction of sp³-hybridized carbons (Fsp3) is 0.688. The summed E-state index contributed by atoms with van der Waals surface area (Å²) in [7, 11) is 0. The highest BCUT2D eigenvalue weighted by atomic mass is 16.7. The zero-order chi connectivity index (χ0) is 32.5. The topological polar surface area (TPSA) is 170 Å². The first kappa shape index (κ1) is 36.7. The number of nitrogens with two attached hydrogens (primary N) is 1. The molecule has 1 saturated carbocycles. The van der Waals surface area contributed by atoms with E-state index < -0.39 is 48.4 Å². The van der Waals surface area contributed by atoms with Crippen molar-refractivity contribution in [2.75, 3.05) is 13.2 Å². The third-order valence-corrected chi connectivity index (χ3v) is 7.75. The first-order chi connectivity index (χ1) is 21.1. The summed E-state index contributed by atoms with van der Waals surface area (Å²) in [6.45, 7) is 7.66. The number of hydrogen-bond donors (Lipinski definition) is 2. The van der Waals surface area contributed by atoms with Gasteiger partial charge in [0, 0.05) is 11.8 Å². The lowest BCUT2D eigenvalue weighted by Crippen LogP contribution is -2.43. The average molecular weight is 624 g/mol. The van der Waals surface area contributed by atoms with Crippen molar-refractivity contribution in [3.05, 3.63) is 23.8 Å². The van der Waals surface area contributed by atoms with Crippen LogP contribution in [-0.4, -0.2) is 61.0 Å². The predicted molar refractivity (Wildman–Crippen MR) is 161 cm³/mol. The fourth-order valence-electron chi connectivity index (χ4n) is 5.04. The van der Waals surface area contributed by atoms with Crippen molar-refractivity contribution in [2.24, 2.45) is 11.7 Å². The minimum atomic E-state index is -1.42. The molecule has 1 aromatic carbocycles. The van der Waals surface area contributed by atoms with Gasteiger partial charge < -0.3 is 39.3 Å². The molecule has 0 heterocycles. The first-order valence-electron chi connectivity index (χ1n) is 15.8. The quantitative estimate of drug-likeness (QED) is 0.0781. The number of ether oxygens (including phenoxy) is 6. The van der Waals surface area contributed by atoms with E-state index in [0.29, 0.717) is 18.4 Å². The van der Waals surface area contributed by atoms with Crippen LogP contribution in [-0.2, 0) is 23.7 Å². The lowest BCUT2D eigenvalue weighted by molar-refractivity contribution is -0.139. The van der Waals surface area contributed by atoms with Crippen LogP contribution in [0, 0.1) is 5.92 Å². The lowest BCUT2D eigenvalue weighted by atomic mass is 9.79. The van der Waals surface area contributed by atoms with Crippen LogP contribution in [0.15, 0.2) is 18.2 Å². The van der Waals surface area contributed by atoms with E-state index in [1.54, 1.807) is 13.8 Å². The van der Waals surface area contributed by atoms with E-state index in [4.69, 9.17) is 34.2 Å². The molecule has 0 radical (unpaired) electrons. The Bertz CT molecular complexity index is 1060. The fourth-order valence-corrected chi connectivity index (χ4v) is 5.04. The van der Waals surface area contributed by atoms with Crippen LogP contribution in [0.5, 0.6) is 11.5 Å². The summed E-state index contributed by atoms with van der Waals surface area (Å²) >= 11 is 0. The lowest BCUT2D eigenvalue weighted by Gasteiger charge is -2.32. The zero-order valence-electron chi connectivity index (χ0n) is 26.4. The number of rotatable bonds is 17. The molecule has 0 aliphatic heterocycles. The van der Waals surface area contributed by atoms with Gasteiger partial charge in [0.05, 0.1) is 13.2 Å². The van der Waals surface area contributed by atoms with Gasteiger partial charge in [-0.15, -0.1) is 0 Å². The Morgan fingerprint density at radius 3 is 1.95 bits per heavy atom. The maximum absolute atomic E-state index is 12.5. The van der Waals surface area contributed by atoms with E-state index in [9.17, 15) is 24.3 Å². The van der Waals surface area contributed by atoms with Gasteiger partial charge in [0.15, 0.2) is 11.5 Å². The second-order valence-electron chi connectivity index (χ2n) is 11.2. The largest absolute Gasteiger partial charge is 0.513 e. The zero-order valence-corrected chi connectivity index (χ0v) is 26.4. The van der Waals surface area contributed by atoms with Crippen LogP contribution in [0.3, 0.4) is 0 Å². The Morgan fingerprint density at radius 1 is 0.841 bits per heavy atom. The van der Waals surface area contributed by atoms with E-state index in [1.165, 1.54) is 18.2 Å². The number of carbonyl (C=O) groups is 4. The first-order valence-corrected chi connectivity index (χ1v) is 15.8. The summed E-state index contributed by atoms with van der Waals surface area (Å²) in [5, 5.41) is 9.84. The van der Waals surface area contributed by atoms with E-state index in [1.807, 2.05) is 13.8 Å². The van der Waals surface area contributed by atoms with Crippen LogP contribution < -0.4 is 15.2 Å². The average Bonchev–Trinajstić information content (AvgIpc) is 2.99. The number of unbranched alkanes of at least 4 members (excludes halogenated alkanes) is 4. The maximum atomic E-state index is 12.5. The maximum Gasteiger partial charge on any atom is 0.513 e. The Kier molecular flexibility index (Phi) is 16.4. The van der Waals surface area contributed by atoms with Gasteiger partial charge in [0.25, 0.3) is 0 Å². The molecule has 0 aromatic heterocycles. The van der Waals surface area contributed by atoms with Crippen molar-refractivity contribution in [3.8, 4) is 11.5 Å². The third-order valence-electron chi connectivity index (χ3n) is 7.75. The Hall–Kier alpha value is -3.54. The second-order valence-corrected chi connectivity index (χ2v) is 11.2. The molecule has 0 saturated heterocycles. The monoisotopic (exact) mass is 623 g/mol. The number of aliphatic carboxylic acids is 1. The minimum Gasteiger partial charge on any atom is -0.480 e. The third kappa shape index (κ3) is 12.6. The summed E-state index contributed by atoms with van der Waals surface area (Å²) in [4.78, 5) is 49.4. The molecule has 1 aliphatic rings. The highest BCUT2D eigenvalue weighted by Gasteiger charge is 2.36. The van der Waals surface area contributed by atoms with Crippen molar-refractivity contribution in [3.63, 3.8) is 0 Å². The number of benzene rings is 1. The number of carbonyl (C=O) groups excluding carboxylic acids is 3. The van der Waals surface area contributed by atoms with Crippen LogP contribution in [0.1, 0.15) is 110 Å². The Labute approximate surface area is 259 Å². The molecule has 44 heavy (non-hydrogen) atoms. The molecule has 0 bridgehead atoms. The van der Waals surface area contributed by atoms with Gasteiger partial charge in [0.2, 0.25) is 0 Å². The summed E-state index contributed by atoms with van der Waals surface area (Å²) in [6.07, 6.45) is 5.72. The van der Waals surface area contributed by atoms with Gasteiger partial charge >= 0.3 is 24.4 Å². The van der Waals surface area contributed by atoms with Gasteiger partial charge in [-0.1, -0.05) is 58.9 Å². The molecule has 248 valence electrons. The SMILES string of the molecule is CCCCCOC(=O)Oc1ccc(C(C(C)C(C)OC(=O)OC2CCCCC2)[C@H](N)C(=O)O)cc1OC(=O)OCCCCC. The van der Waals surface area contributed by atoms with E-state index in [0.717, 1.165) is 57.8 Å². The summed E-state index contributed by atoms with van der Waals surface area (Å²) in [6, 6.07) is 2.81. The number of hydrogen-bond acceptors (Lipinski definition) is 11. The summed E-state index contributed by atoms with van der Waals surface area (Å²) in [5.41, 5.74) is 6.49. The molecule has 3 N–H and O–H groups in total. The molecule has 1 aromatic rings. The summed E-state index contributed by atoms with van der Waals surface area (Å²) < 4.78 is 32.0. The van der Waals surface area contributed by atoms with Crippen LogP contribution in [0.25, 0.3) is 0 Å². The molecule has 3 unspecified atom stereocenters. The standard InChI is InChI=1S/C32H49NO11/c1-5-7-12-18-39-30(36)43-25-17-16-23(20-26(25)44-31(37)40-19-13-8-6-2)27(28(33)29(34)35)21(3)22(4)41-32(38)42-24-14-10-9-11-15-24/h16-17,20-22,24,27-28H,5-15,18-19,33H2,1-4H3,(H,34,35)/t21?,22?,27?,28-/m0/s1. The molecule has 1 fully saturated rings. The molecular weight excluding hydrogens is 574 g/mol. The van der Waals surface area contributed by atoms with Gasteiger partial charge in [0.1, 0.15) is 18.2 Å². The van der Waals surface area contributed by atoms with Gasteiger partial charge in [-0.3, -0.25) is 4.79 Å². The highest BCUT2D eigenvalue weighted by Crippen LogP contribution is 2.37. The van der Waals surface area contributed by atoms with Gasteiger partial charge in [-0.2, -0.15) is 0 Å². The van der Waals surface area contributed by atoms with Crippen LogP contribution in [0.4, 0.5) is 14.4 Å². The number of carboxylic acid groups (broad SMARTS) is 1. The second kappa shape index (κ2) is 19.7. The van der Waals surface area contributed by atoms with Crippen molar-refractivity contribution < 1.29 is 52.7 Å². The van der Waals surface area contributed by atoms with Crippen LogP contribution >= 0.6 is 0 Å². The van der Waals surface area contributed by atoms with Crippen molar-refractivity contribution >= 4 is 24.4 Å². The molecule has 12 nitrogen and oxygen atoms in total. The highest BCUT2D eigenvalue weighted by molar-refractivity contribution is 5.75. The van der Waals surface area contributed by atoms with E-state index in [-0.39, 0.29) is 30.8 Å². The molecule has 1 aliphatic carbocycles. The molecule has 0 amide bonds. The normalized spacial score (nSPS) is 16.1. The predicted octanol–water partition coefficient (Wildman–Crippen LogP) is 7.10. The van der Waals surface area contributed by atoms with Gasteiger partial charge in [-0.25, -0.2) is 14.4 Å². The van der Waals surface area contributed by atoms with E-state index in [2.05, 4.69) is 0 Å². The Morgan fingerprint density at radius 2 is 1.41 bits per heavy atom. The Balaban J connectivity index is 2.29. The smallest absolute Gasteiger partial charge is 0.480 e. The van der Waals surface area contributed by atoms with E-state index >= 15 is 0 Å². The van der Waals surface area contributed by atoms with Crippen molar-refractivity contribution in [1.82, 2.24) is 0 Å². The number of carboxylic acids is 1. The van der Waals surface area contributed by atoms with Crippen molar-refractivity contribution in [2.45, 2.75) is 122 Å². The van der Waals surface area contributed by atoms with Gasteiger partial charge in [-0.05, 0) is 63.1 Å². The molecule has 0 spiro atoms. The molecule has 12 heteroatoms. The van der Waals surface area contributed by atoms with Crippen molar-refractivity contribution in [1.29, 1.82) is 0 Å². The summed E-state index contributed by atoms with van der Waals surface area (Å²) in [5.74, 6) is -3.14. The molecule has 2 rings (SSSR count). The minimum absolute atomic E-state index is 0.129. The molecule has 4 atom stereocenters. The van der Waals surface area contributed by atoms with Crippen LogP contribution in [0.2, 0.25) is 0 Å².